The van der Waals surface area contributed by atoms with Crippen LogP contribution < -0.4 is 11.3 Å². The van der Waals surface area contributed by atoms with Gasteiger partial charge in [0.25, 0.3) is 0 Å². The Labute approximate surface area is 110 Å². The predicted octanol–water partition coefficient (Wildman–Crippen LogP) is 2.76. The van der Waals surface area contributed by atoms with Gasteiger partial charge in [-0.05, 0) is 5.41 Å². The highest BCUT2D eigenvalue weighted by Crippen LogP contribution is 2.40. The number of carbonyl (C=O) groups excluding carboxylic acids is 1. The van der Waals surface area contributed by atoms with Gasteiger partial charge in [-0.3, -0.25) is 10.2 Å². The van der Waals surface area contributed by atoms with E-state index in [2.05, 4.69) is 0 Å². The number of rotatable bonds is 4. The molecule has 0 fully saturated rings. The van der Waals surface area contributed by atoms with Crippen LogP contribution in [-0.4, -0.2) is 15.1 Å². The highest BCUT2D eigenvalue weighted by molar-refractivity contribution is 6.67. The zero-order chi connectivity index (χ0) is 12.3. The molecule has 1 atom stereocenters. The van der Waals surface area contributed by atoms with Crippen molar-refractivity contribution >= 4 is 52.3 Å². The Kier molecular flexibility index (Phi) is 6.01. The third kappa shape index (κ3) is 6.69. The predicted molar refractivity (Wildman–Crippen MR) is 65.3 cm³/mol. The number of halogens is 4. The topological polar surface area (TPSA) is 55.1 Å². The quantitative estimate of drug-likeness (QED) is 0.363. The molecule has 0 radical (unpaired) electrons. The van der Waals surface area contributed by atoms with Gasteiger partial charge >= 0.3 is 0 Å². The molecule has 90 valence electrons. The van der Waals surface area contributed by atoms with E-state index in [0.717, 1.165) is 0 Å². The molecular weight excluding hydrogens is 282 g/mol. The standard InChI is InChI=1S/C8H14Cl4N2O/c1-7(2,4-6(15)14-13)5(9)3-8(10,11)12/h5H,3-4,13H2,1-2H3,(H,14,15). The fraction of sp³-hybridized carbons (Fsp3) is 0.875. The van der Waals surface area contributed by atoms with Crippen LogP contribution in [0.25, 0.3) is 0 Å². The Bertz CT molecular complexity index is 227. The van der Waals surface area contributed by atoms with Gasteiger partial charge < -0.3 is 0 Å². The first-order valence-electron chi connectivity index (χ1n) is 4.29. The molecule has 0 saturated carbocycles. The number of hydrogen-bond acceptors (Lipinski definition) is 2. The Morgan fingerprint density at radius 1 is 1.40 bits per heavy atom. The van der Waals surface area contributed by atoms with Crippen LogP contribution in [0, 0.1) is 5.41 Å². The van der Waals surface area contributed by atoms with Crippen LogP contribution in [0.3, 0.4) is 0 Å². The third-order valence-electron chi connectivity index (χ3n) is 2.04. The van der Waals surface area contributed by atoms with E-state index in [1.807, 2.05) is 19.3 Å². The van der Waals surface area contributed by atoms with Gasteiger partial charge in [-0.1, -0.05) is 48.7 Å². The number of hydrazine groups is 1. The molecule has 0 aliphatic heterocycles. The molecule has 0 spiro atoms. The second-order valence-corrected chi connectivity index (χ2v) is 7.06. The van der Waals surface area contributed by atoms with Gasteiger partial charge in [0.05, 0.1) is 0 Å². The third-order valence-corrected chi connectivity index (χ3v) is 3.24. The maximum absolute atomic E-state index is 11.1. The van der Waals surface area contributed by atoms with Crippen molar-refractivity contribution in [2.24, 2.45) is 11.3 Å². The van der Waals surface area contributed by atoms with Crippen LogP contribution >= 0.6 is 46.4 Å². The molecule has 3 nitrogen and oxygen atoms in total. The van der Waals surface area contributed by atoms with Gasteiger partial charge in [0.1, 0.15) is 0 Å². The summed E-state index contributed by atoms with van der Waals surface area (Å²) in [5.74, 6) is 4.69. The molecule has 15 heavy (non-hydrogen) atoms. The molecule has 0 rings (SSSR count). The molecule has 0 aromatic heterocycles. The van der Waals surface area contributed by atoms with E-state index in [4.69, 9.17) is 52.2 Å². The number of nitrogens with one attached hydrogen (secondary N) is 1. The average molecular weight is 296 g/mol. The molecule has 7 heteroatoms. The number of hydrogen-bond donors (Lipinski definition) is 2. The lowest BCUT2D eigenvalue weighted by molar-refractivity contribution is -0.123. The summed E-state index contributed by atoms with van der Waals surface area (Å²) in [7, 11) is 0. The summed E-state index contributed by atoms with van der Waals surface area (Å²) < 4.78 is -1.41. The first kappa shape index (κ1) is 15.6. The minimum Gasteiger partial charge on any atom is -0.294 e. The zero-order valence-corrected chi connectivity index (χ0v) is 11.5. The molecule has 1 amide bonds. The lowest BCUT2D eigenvalue weighted by Gasteiger charge is -2.31. The summed E-state index contributed by atoms with van der Waals surface area (Å²) in [5.41, 5.74) is 1.55. The van der Waals surface area contributed by atoms with E-state index in [-0.39, 0.29) is 18.7 Å². The maximum Gasteiger partial charge on any atom is 0.234 e. The molecule has 0 aliphatic carbocycles. The number of nitrogens with two attached hydrogens (primary N) is 1. The van der Waals surface area contributed by atoms with Crippen LogP contribution in [-0.2, 0) is 4.79 Å². The number of carbonyl (C=O) groups is 1. The van der Waals surface area contributed by atoms with Gasteiger partial charge in [0.15, 0.2) is 3.79 Å². The summed E-state index contributed by atoms with van der Waals surface area (Å²) in [6.45, 7) is 3.63. The minimum absolute atomic E-state index is 0.171. The van der Waals surface area contributed by atoms with Crippen LogP contribution in [0.4, 0.5) is 0 Å². The van der Waals surface area contributed by atoms with E-state index in [1.54, 1.807) is 0 Å². The Hall–Kier alpha value is 0.590. The second-order valence-electron chi connectivity index (χ2n) is 4.02. The first-order chi connectivity index (χ1) is 6.58. The SMILES string of the molecule is CC(C)(CC(=O)NN)C(Cl)CC(Cl)(Cl)Cl. The van der Waals surface area contributed by atoms with Crippen molar-refractivity contribution in [3.8, 4) is 0 Å². The van der Waals surface area contributed by atoms with E-state index in [1.165, 1.54) is 0 Å². The molecule has 0 aromatic carbocycles. The summed E-state index contributed by atoms with van der Waals surface area (Å²) in [5, 5.41) is -0.428. The summed E-state index contributed by atoms with van der Waals surface area (Å²) in [6, 6.07) is 0. The van der Waals surface area contributed by atoms with Crippen LogP contribution in [0.5, 0.6) is 0 Å². The molecule has 0 aromatic rings. The molecule has 0 bridgehead atoms. The average Bonchev–Trinajstić information content (AvgIpc) is 2.00. The van der Waals surface area contributed by atoms with Gasteiger partial charge in [-0.2, -0.15) is 0 Å². The van der Waals surface area contributed by atoms with E-state index >= 15 is 0 Å². The monoisotopic (exact) mass is 294 g/mol. The first-order valence-corrected chi connectivity index (χ1v) is 5.86. The Morgan fingerprint density at radius 3 is 2.20 bits per heavy atom. The maximum atomic E-state index is 11.1. The van der Waals surface area contributed by atoms with Crippen molar-refractivity contribution in [3.05, 3.63) is 0 Å². The highest BCUT2D eigenvalue weighted by Gasteiger charge is 2.35. The van der Waals surface area contributed by atoms with Gasteiger partial charge in [0.2, 0.25) is 5.91 Å². The van der Waals surface area contributed by atoms with Crippen LogP contribution in [0.2, 0.25) is 0 Å². The zero-order valence-electron chi connectivity index (χ0n) is 8.49. The molecule has 0 saturated heterocycles. The van der Waals surface area contributed by atoms with Crippen molar-refractivity contribution in [2.75, 3.05) is 0 Å². The van der Waals surface area contributed by atoms with Crippen molar-refractivity contribution in [2.45, 2.75) is 35.9 Å². The normalized spacial score (nSPS) is 14.9. The van der Waals surface area contributed by atoms with E-state index in [0.29, 0.717) is 0 Å². The van der Waals surface area contributed by atoms with Gasteiger partial charge in [-0.15, -0.1) is 11.6 Å². The molecule has 1 unspecified atom stereocenters. The fourth-order valence-electron chi connectivity index (χ4n) is 1.06. The Balaban J connectivity index is 4.38. The molecule has 3 N–H and O–H groups in total. The lowest BCUT2D eigenvalue weighted by atomic mass is 9.84. The molecule has 0 aliphatic rings. The van der Waals surface area contributed by atoms with Crippen molar-refractivity contribution in [1.82, 2.24) is 5.43 Å². The number of amides is 1. The van der Waals surface area contributed by atoms with E-state index < -0.39 is 14.6 Å². The fourth-order valence-corrected chi connectivity index (χ4v) is 2.06. The van der Waals surface area contributed by atoms with Gasteiger partial charge in [0, 0.05) is 18.2 Å². The van der Waals surface area contributed by atoms with Crippen molar-refractivity contribution in [1.29, 1.82) is 0 Å². The summed E-state index contributed by atoms with van der Waals surface area (Å²) >= 11 is 23.0. The second kappa shape index (κ2) is 5.78. The molecule has 0 heterocycles. The largest absolute Gasteiger partial charge is 0.294 e. The Morgan fingerprint density at radius 2 is 1.87 bits per heavy atom. The smallest absolute Gasteiger partial charge is 0.234 e. The van der Waals surface area contributed by atoms with Crippen LogP contribution in [0.15, 0.2) is 0 Å². The minimum atomic E-state index is -1.41. The van der Waals surface area contributed by atoms with E-state index in [9.17, 15) is 4.79 Å². The van der Waals surface area contributed by atoms with Gasteiger partial charge in [-0.25, -0.2) is 5.84 Å². The molecular formula is C8H14Cl4N2O. The van der Waals surface area contributed by atoms with Crippen molar-refractivity contribution < 1.29 is 4.79 Å². The lowest BCUT2D eigenvalue weighted by Crippen LogP contribution is -2.38. The van der Waals surface area contributed by atoms with Crippen molar-refractivity contribution in [3.63, 3.8) is 0 Å². The summed E-state index contributed by atoms with van der Waals surface area (Å²) in [6.07, 6.45) is 0.350. The van der Waals surface area contributed by atoms with Crippen LogP contribution in [0.1, 0.15) is 26.7 Å². The number of alkyl halides is 4. The summed E-state index contributed by atoms with van der Waals surface area (Å²) in [4.78, 5) is 11.1. The highest BCUT2D eigenvalue weighted by atomic mass is 35.6.